The molecular formula is C68H128O6S3Sn. The van der Waals surface area contributed by atoms with E-state index in [0.717, 1.165) is 77.0 Å². The summed E-state index contributed by atoms with van der Waals surface area (Å²) in [4.78, 5) is 32.7. The average Bonchev–Trinajstić information content (AvgIpc) is 3.42. The molecule has 0 heterocycles. The number of carbonyl (C=O) groups is 3. The molecular weight excluding hydrogens is 1130 g/mol. The van der Waals surface area contributed by atoms with Crippen molar-refractivity contribution in [1.29, 1.82) is 0 Å². The molecule has 3 atom stereocenters. The van der Waals surface area contributed by atoms with E-state index in [9.17, 15) is 29.7 Å². The monoisotopic (exact) mass is 1260 g/mol. The van der Waals surface area contributed by atoms with Gasteiger partial charge in [-0.15, -0.1) is 0 Å². The van der Waals surface area contributed by atoms with Crippen LogP contribution >= 0.6 is 37.9 Å². The maximum absolute atomic E-state index is 10.9. The van der Waals surface area contributed by atoms with E-state index in [0.29, 0.717) is 36.5 Å². The first-order valence-electron chi connectivity index (χ1n) is 33.1. The number of carboxylic acids is 3. The molecule has 0 aromatic rings. The van der Waals surface area contributed by atoms with E-state index in [1.54, 1.807) is 22.5 Å². The molecule has 3 unspecified atom stereocenters. The predicted octanol–water partition coefficient (Wildman–Crippen LogP) is 18.9. The molecule has 0 aliphatic rings. The van der Waals surface area contributed by atoms with Gasteiger partial charge in [-0.05, 0) is 151 Å². The number of carbonyl (C=O) groups excluding carboxylic acids is 3. The van der Waals surface area contributed by atoms with Gasteiger partial charge >= 0.3 is 72.4 Å². The summed E-state index contributed by atoms with van der Waals surface area (Å²) in [6.07, 6.45) is 72.1. The fourth-order valence-corrected chi connectivity index (χ4v) is 11.0. The molecule has 78 heavy (non-hydrogen) atoms. The fourth-order valence-electron chi connectivity index (χ4n) is 9.37. The zero-order valence-electron chi connectivity index (χ0n) is 51.8. The van der Waals surface area contributed by atoms with Crippen molar-refractivity contribution >= 4 is 78.3 Å². The van der Waals surface area contributed by atoms with Crippen LogP contribution in [0.25, 0.3) is 0 Å². The van der Waals surface area contributed by atoms with E-state index < -0.39 is 17.9 Å². The second kappa shape index (κ2) is 76.5. The molecule has 0 amide bonds. The van der Waals surface area contributed by atoms with Gasteiger partial charge in [-0.3, -0.25) is 0 Å². The van der Waals surface area contributed by atoms with E-state index in [1.807, 2.05) is 0 Å². The van der Waals surface area contributed by atoms with Crippen LogP contribution in [-0.4, -0.2) is 57.7 Å². The summed E-state index contributed by atoms with van der Waals surface area (Å²) in [5.74, 6) is -1.74. The van der Waals surface area contributed by atoms with Crippen LogP contribution in [-0.2, 0) is 14.4 Å². The van der Waals surface area contributed by atoms with Crippen molar-refractivity contribution in [1.82, 2.24) is 0 Å². The average molecular weight is 1260 g/mol. The predicted molar refractivity (Wildman–Crippen MR) is 349 cm³/mol. The first-order chi connectivity index (χ1) is 38.1. The minimum absolute atomic E-state index is 0.301. The Morgan fingerprint density at radius 2 is 0.474 bits per heavy atom. The van der Waals surface area contributed by atoms with Crippen molar-refractivity contribution in [2.24, 2.45) is 17.8 Å². The second-order valence-electron chi connectivity index (χ2n) is 22.2. The van der Waals surface area contributed by atoms with Gasteiger partial charge in [0.15, 0.2) is 0 Å². The number of allylic oxidation sites excluding steroid dienone is 6. The fraction of sp³-hybridized carbons (Fsp3) is 0.868. The molecule has 0 bridgehead atoms. The number of rotatable bonds is 57. The number of hydrogen-bond donors (Lipinski definition) is 3. The van der Waals surface area contributed by atoms with E-state index in [1.165, 1.54) is 216 Å². The molecule has 0 saturated carbocycles. The van der Waals surface area contributed by atoms with Crippen LogP contribution in [0.3, 0.4) is 0 Å². The summed E-state index contributed by atoms with van der Waals surface area (Å²) in [5.41, 5.74) is 0. The molecule has 0 fully saturated rings. The standard InChI is InChI=1S/3C20H38O2S.C8H17.Sn/c3*1-2-3-4-5-6-7-8-9-10-11-12-13-14-15-16-19(17-18-23)20(21)22;1-3-5-7-8-6-4-2;/h3*9-10,19,23H,2-8,11-18H2,1H3,(H,21,22);1,3-8H2,2H3;/q;;;;+3/p-3. The van der Waals surface area contributed by atoms with Crippen molar-refractivity contribution in [3.63, 3.8) is 0 Å². The van der Waals surface area contributed by atoms with Crippen LogP contribution in [0.4, 0.5) is 0 Å². The summed E-state index contributed by atoms with van der Waals surface area (Å²) in [6, 6.07) is 0. The molecule has 10 heteroatoms. The molecule has 0 spiro atoms. The van der Waals surface area contributed by atoms with Gasteiger partial charge in [0.05, 0.1) is 0 Å². The molecule has 0 aliphatic heterocycles. The van der Waals surface area contributed by atoms with Gasteiger partial charge in [-0.25, -0.2) is 0 Å². The molecule has 0 saturated heterocycles. The van der Waals surface area contributed by atoms with Crippen molar-refractivity contribution in [2.75, 3.05) is 17.3 Å². The zero-order valence-corrected chi connectivity index (χ0v) is 57.3. The molecule has 0 radical (unpaired) electrons. The number of hydrogen-bond acceptors (Lipinski definition) is 9. The summed E-state index contributed by atoms with van der Waals surface area (Å²) in [5, 5.41) is 32.7. The Bertz CT molecular complexity index is 1120. The Morgan fingerprint density at radius 3 is 0.654 bits per heavy atom. The molecule has 6 nitrogen and oxygen atoms in total. The Morgan fingerprint density at radius 1 is 0.295 bits per heavy atom. The van der Waals surface area contributed by atoms with Gasteiger partial charge in [-0.2, -0.15) is 37.9 Å². The molecule has 0 aromatic carbocycles. The van der Waals surface area contributed by atoms with Crippen molar-refractivity contribution in [2.45, 2.75) is 340 Å². The summed E-state index contributed by atoms with van der Waals surface area (Å²) in [6.45, 7) is 9.04. The van der Waals surface area contributed by atoms with Crippen LogP contribution in [0.1, 0.15) is 336 Å². The molecule has 0 aliphatic carbocycles. The van der Waals surface area contributed by atoms with Crippen molar-refractivity contribution in [3.8, 4) is 0 Å². The quantitative estimate of drug-likeness (QED) is 0.0241. The Kier molecular flexibility index (Phi) is 82.3. The van der Waals surface area contributed by atoms with E-state index >= 15 is 0 Å². The van der Waals surface area contributed by atoms with Gasteiger partial charge < -0.3 is 29.7 Å². The summed E-state index contributed by atoms with van der Waals surface area (Å²) >= 11 is 14.0. The van der Waals surface area contributed by atoms with Gasteiger partial charge in [0.1, 0.15) is 0 Å². The van der Waals surface area contributed by atoms with Crippen LogP contribution in [0, 0.1) is 17.8 Å². The zero-order chi connectivity index (χ0) is 58.5. The van der Waals surface area contributed by atoms with E-state index in [4.69, 9.17) is 0 Å². The topological polar surface area (TPSA) is 120 Å². The summed E-state index contributed by atoms with van der Waals surface area (Å²) in [7, 11) is 0. The molecule has 0 aromatic heterocycles. The summed E-state index contributed by atoms with van der Waals surface area (Å²) < 4.78 is 1.46. The minimum atomic E-state index is -0.906. The van der Waals surface area contributed by atoms with E-state index in [-0.39, 0.29) is 17.8 Å². The van der Waals surface area contributed by atoms with Crippen LogP contribution in [0.15, 0.2) is 36.5 Å². The molecule has 458 valence electrons. The first kappa shape index (κ1) is 83.9. The number of unbranched alkanes of at least 4 members (excludes halogenated alkanes) is 35. The number of carboxylic acid groups (broad SMARTS) is 3. The third-order valence-corrected chi connectivity index (χ3v) is 16.4. The third kappa shape index (κ3) is 75.5. The Labute approximate surface area is 516 Å². The second-order valence-corrected chi connectivity index (χ2v) is 24.9. The molecule has 0 rings (SSSR count). The van der Waals surface area contributed by atoms with Gasteiger partial charge in [-0.1, -0.05) is 211 Å². The maximum atomic E-state index is 10.9. The van der Waals surface area contributed by atoms with Crippen molar-refractivity contribution < 1.29 is 29.7 Å². The third-order valence-electron chi connectivity index (χ3n) is 14.7. The van der Waals surface area contributed by atoms with Crippen LogP contribution in [0.5, 0.6) is 0 Å². The van der Waals surface area contributed by atoms with Crippen molar-refractivity contribution in [3.05, 3.63) is 36.5 Å². The van der Waals surface area contributed by atoms with Gasteiger partial charge in [0.25, 0.3) is 0 Å². The van der Waals surface area contributed by atoms with Crippen LogP contribution < -0.4 is 15.3 Å². The SMILES string of the molecule is CCCCCCCCC=CCCCCCCC(CCS)C(=O)[O-].CCCCCCCCC=CCCCCCCC(CCS)C(=O)[O-].CCCCCCCCC=CCCCCCCC(CCS)C(=O)[O-].CCCCCCC[CH2][Sn+3]. The van der Waals surface area contributed by atoms with Gasteiger partial charge in [0, 0.05) is 17.9 Å². The first-order valence-corrected chi connectivity index (χ1v) is 37.0. The van der Waals surface area contributed by atoms with Crippen LogP contribution in [0.2, 0.25) is 4.44 Å². The Balaban J connectivity index is -0.000000487. The normalized spacial score (nSPS) is 12.5. The number of thiol groups is 3. The number of aliphatic carboxylic acids is 3. The van der Waals surface area contributed by atoms with E-state index in [2.05, 4.69) is 102 Å². The van der Waals surface area contributed by atoms with Gasteiger partial charge in [0.2, 0.25) is 0 Å². The Hall–Kier alpha value is -0.521. The molecule has 0 N–H and O–H groups in total.